The molecule has 0 rings (SSSR count). The Kier molecular flexibility index (Phi) is 30.9. The summed E-state index contributed by atoms with van der Waals surface area (Å²) in [5.74, 6) is -0.343. The quantitative estimate of drug-likeness (QED) is 0.0497. The first-order chi connectivity index (χ1) is 20.5. The van der Waals surface area contributed by atoms with Crippen molar-refractivity contribution >= 4 is 5.91 Å². The van der Waals surface area contributed by atoms with Gasteiger partial charge in [0.2, 0.25) is 5.91 Å². The Morgan fingerprint density at radius 3 is 1.62 bits per heavy atom. The Morgan fingerprint density at radius 1 is 0.595 bits per heavy atom. The summed E-state index contributed by atoms with van der Waals surface area (Å²) in [4.78, 5) is 12.3. The van der Waals surface area contributed by atoms with Gasteiger partial charge in [0.1, 0.15) is 0 Å². The molecule has 0 aromatic rings. The molecule has 3 unspecified atom stereocenters. The van der Waals surface area contributed by atoms with Crippen molar-refractivity contribution in [3.8, 4) is 0 Å². The predicted octanol–water partition coefficient (Wildman–Crippen LogP) is 9.03. The summed E-state index contributed by atoms with van der Waals surface area (Å²) in [7, 11) is 0. The first-order valence-corrected chi connectivity index (χ1v) is 17.4. The lowest BCUT2D eigenvalue weighted by Gasteiger charge is -2.20. The maximum absolute atomic E-state index is 12.3. The fraction of sp³-hybridized carbons (Fsp3) is 0.757. The minimum absolute atomic E-state index is 0.00992. The van der Waals surface area contributed by atoms with E-state index in [1.807, 2.05) is 6.08 Å². The minimum atomic E-state index is -0.961. The third kappa shape index (κ3) is 28.4. The van der Waals surface area contributed by atoms with Gasteiger partial charge in [-0.2, -0.15) is 0 Å². The van der Waals surface area contributed by atoms with Crippen molar-refractivity contribution in [1.29, 1.82) is 0 Å². The van der Waals surface area contributed by atoms with Crippen LogP contribution in [0.1, 0.15) is 155 Å². The highest BCUT2D eigenvalue weighted by Crippen LogP contribution is 2.12. The number of hydrogen-bond acceptors (Lipinski definition) is 4. The number of rotatable bonds is 30. The Balaban J connectivity index is 3.83. The van der Waals surface area contributed by atoms with Gasteiger partial charge in [-0.1, -0.05) is 133 Å². The predicted molar refractivity (Wildman–Crippen MR) is 181 cm³/mol. The van der Waals surface area contributed by atoms with Crippen LogP contribution in [0.2, 0.25) is 0 Å². The molecule has 0 saturated carbocycles. The van der Waals surface area contributed by atoms with Crippen LogP contribution in [0.25, 0.3) is 0 Å². The second-order valence-electron chi connectivity index (χ2n) is 11.7. The van der Waals surface area contributed by atoms with Gasteiger partial charge in [-0.15, -0.1) is 0 Å². The molecular weight excluding hydrogens is 522 g/mol. The van der Waals surface area contributed by atoms with E-state index in [4.69, 9.17) is 0 Å². The summed E-state index contributed by atoms with van der Waals surface area (Å²) >= 11 is 0. The lowest BCUT2D eigenvalue weighted by Crippen LogP contribution is -2.45. The summed E-state index contributed by atoms with van der Waals surface area (Å²) in [6, 6.07) is -0.770. The highest BCUT2D eigenvalue weighted by Gasteiger charge is 2.19. The van der Waals surface area contributed by atoms with E-state index in [1.54, 1.807) is 6.08 Å². The number of hydrogen-bond donors (Lipinski definition) is 4. The summed E-state index contributed by atoms with van der Waals surface area (Å²) < 4.78 is 0. The van der Waals surface area contributed by atoms with Gasteiger partial charge in [0, 0.05) is 0 Å². The molecule has 0 aromatic carbocycles. The fourth-order valence-electron chi connectivity index (χ4n) is 4.84. The number of allylic oxidation sites excluding steroid dienone is 7. The Morgan fingerprint density at radius 2 is 1.07 bits per heavy atom. The second-order valence-corrected chi connectivity index (χ2v) is 11.7. The van der Waals surface area contributed by atoms with Crippen LogP contribution >= 0.6 is 0 Å². The van der Waals surface area contributed by atoms with Gasteiger partial charge in [0.15, 0.2) is 0 Å². The van der Waals surface area contributed by atoms with Gasteiger partial charge in [0.05, 0.1) is 31.3 Å². The summed E-state index contributed by atoms with van der Waals surface area (Å²) in [5, 5.41) is 32.9. The Labute approximate surface area is 259 Å². The topological polar surface area (TPSA) is 89.8 Å². The van der Waals surface area contributed by atoms with Crippen LogP contribution in [0.3, 0.4) is 0 Å². The van der Waals surface area contributed by atoms with Crippen LogP contribution in [0, 0.1) is 0 Å². The Bertz CT molecular complexity index is 700. The molecule has 0 aromatic heterocycles. The van der Waals surface area contributed by atoms with Crippen LogP contribution in [0.15, 0.2) is 48.6 Å². The van der Waals surface area contributed by atoms with E-state index in [1.165, 1.54) is 70.6 Å². The van der Waals surface area contributed by atoms with Crippen LogP contribution in [0.5, 0.6) is 0 Å². The fourth-order valence-corrected chi connectivity index (χ4v) is 4.84. The first kappa shape index (κ1) is 40.3. The van der Waals surface area contributed by atoms with E-state index in [9.17, 15) is 20.1 Å². The second kappa shape index (κ2) is 32.2. The molecule has 3 atom stereocenters. The third-order valence-corrected chi connectivity index (χ3v) is 7.55. The number of aliphatic hydroxyl groups is 3. The van der Waals surface area contributed by atoms with E-state index in [-0.39, 0.29) is 18.9 Å². The highest BCUT2D eigenvalue weighted by atomic mass is 16.3. The molecule has 42 heavy (non-hydrogen) atoms. The molecule has 1 amide bonds. The zero-order chi connectivity index (χ0) is 30.9. The number of nitrogens with one attached hydrogen (secondary N) is 1. The maximum atomic E-state index is 12.3. The molecule has 5 nitrogen and oxygen atoms in total. The van der Waals surface area contributed by atoms with E-state index in [2.05, 4.69) is 55.6 Å². The monoisotopic (exact) mass is 590 g/mol. The number of carbonyl (C=O) groups is 1. The molecule has 0 saturated heterocycles. The molecule has 244 valence electrons. The summed E-state index contributed by atoms with van der Waals surface area (Å²) in [6.45, 7) is 4.09. The van der Waals surface area contributed by atoms with Crippen molar-refractivity contribution in [2.45, 2.75) is 173 Å². The molecular formula is C37H67NO4. The molecule has 0 aliphatic heterocycles. The van der Waals surface area contributed by atoms with Gasteiger partial charge in [0.25, 0.3) is 0 Å². The average Bonchev–Trinajstić information content (AvgIpc) is 2.98. The zero-order valence-electron chi connectivity index (χ0n) is 27.4. The molecule has 0 bridgehead atoms. The smallest absolute Gasteiger partial charge is 0.222 e. The van der Waals surface area contributed by atoms with Crippen LogP contribution in [-0.4, -0.2) is 46.1 Å². The van der Waals surface area contributed by atoms with Gasteiger partial charge in [-0.3, -0.25) is 4.79 Å². The zero-order valence-corrected chi connectivity index (χ0v) is 27.4. The van der Waals surface area contributed by atoms with Gasteiger partial charge in [-0.25, -0.2) is 0 Å². The molecule has 4 N–H and O–H groups in total. The number of carbonyl (C=O) groups excluding carboxylic acids is 1. The van der Waals surface area contributed by atoms with Crippen LogP contribution in [0.4, 0.5) is 0 Å². The number of amides is 1. The molecule has 0 spiro atoms. The normalized spacial score (nSPS) is 14.5. The van der Waals surface area contributed by atoms with Gasteiger partial charge < -0.3 is 20.6 Å². The SMILES string of the molecule is CCC/C=C/CC/C=C/CC/C=C/C(O)C(CO)NC(=O)CC(O)CCCCC/C=C\CCCCCCCCCCC. The third-order valence-electron chi connectivity index (χ3n) is 7.55. The summed E-state index contributed by atoms with van der Waals surface area (Å²) in [5.41, 5.74) is 0. The van der Waals surface area contributed by atoms with Gasteiger partial charge in [-0.05, 0) is 64.2 Å². The highest BCUT2D eigenvalue weighted by molar-refractivity contribution is 5.76. The minimum Gasteiger partial charge on any atom is -0.394 e. The van der Waals surface area contributed by atoms with E-state index in [0.717, 1.165) is 57.8 Å². The van der Waals surface area contributed by atoms with Gasteiger partial charge >= 0.3 is 0 Å². The molecule has 0 fully saturated rings. The largest absolute Gasteiger partial charge is 0.394 e. The van der Waals surface area contributed by atoms with Crippen molar-refractivity contribution in [2.24, 2.45) is 0 Å². The molecule has 5 heteroatoms. The summed E-state index contributed by atoms with van der Waals surface area (Å²) in [6.07, 6.45) is 39.5. The molecule has 0 aliphatic rings. The Hall–Kier alpha value is -1.69. The van der Waals surface area contributed by atoms with Crippen LogP contribution < -0.4 is 5.32 Å². The number of aliphatic hydroxyl groups excluding tert-OH is 3. The lowest BCUT2D eigenvalue weighted by molar-refractivity contribution is -0.124. The van der Waals surface area contributed by atoms with E-state index >= 15 is 0 Å². The standard InChI is InChI=1S/C37H67NO4/c1-3-5-7-9-11-13-15-16-17-18-19-21-22-24-26-28-30-34(40)32-37(42)38-35(33-39)36(41)31-29-27-25-23-20-14-12-10-8-6-4-2/h8,10,19-21,23,29,31,34-36,39-41H,3-7,9,11-18,22,24-28,30,32-33H2,1-2H3,(H,38,42)/b10-8+,21-19-,23-20+,31-29+. The van der Waals surface area contributed by atoms with Crippen LogP contribution in [-0.2, 0) is 4.79 Å². The first-order valence-electron chi connectivity index (χ1n) is 17.4. The lowest BCUT2D eigenvalue weighted by atomic mass is 10.0. The molecule has 0 radical (unpaired) electrons. The van der Waals surface area contributed by atoms with Crippen molar-refractivity contribution in [1.82, 2.24) is 5.32 Å². The number of unbranched alkanes of at least 4 members (excludes halogenated alkanes) is 15. The van der Waals surface area contributed by atoms with Crippen molar-refractivity contribution < 1.29 is 20.1 Å². The average molecular weight is 590 g/mol. The molecule has 0 aliphatic carbocycles. The van der Waals surface area contributed by atoms with Crippen molar-refractivity contribution in [2.75, 3.05) is 6.61 Å². The maximum Gasteiger partial charge on any atom is 0.222 e. The van der Waals surface area contributed by atoms with Crippen molar-refractivity contribution in [3.63, 3.8) is 0 Å². The van der Waals surface area contributed by atoms with Crippen molar-refractivity contribution in [3.05, 3.63) is 48.6 Å². The molecule has 0 heterocycles. The van der Waals surface area contributed by atoms with E-state index in [0.29, 0.717) is 6.42 Å². The van der Waals surface area contributed by atoms with E-state index < -0.39 is 18.2 Å².